The molecule has 1 N–H and O–H groups in total. The molecule has 1 fully saturated rings. The molecule has 7 nitrogen and oxygen atoms in total. The first-order valence-corrected chi connectivity index (χ1v) is 7.54. The molecule has 0 amide bonds. The summed E-state index contributed by atoms with van der Waals surface area (Å²) in [6, 6.07) is 3.51. The second-order valence-corrected chi connectivity index (χ2v) is 5.49. The summed E-state index contributed by atoms with van der Waals surface area (Å²) in [6.07, 6.45) is 1.63. The third-order valence-electron chi connectivity index (χ3n) is 3.89. The fourth-order valence-corrected chi connectivity index (χ4v) is 2.69. The van der Waals surface area contributed by atoms with E-state index in [0.29, 0.717) is 25.4 Å². The zero-order chi connectivity index (χ0) is 15.5. The quantitative estimate of drug-likeness (QED) is 0.917. The molecule has 2 aromatic heterocycles. The second-order valence-electron chi connectivity index (χ2n) is 5.49. The molecule has 1 aliphatic rings. The van der Waals surface area contributed by atoms with Crippen molar-refractivity contribution in [1.29, 1.82) is 0 Å². The highest BCUT2D eigenvalue weighted by molar-refractivity contribution is 5.27. The van der Waals surface area contributed by atoms with Crippen molar-refractivity contribution in [3.05, 3.63) is 35.7 Å². The normalized spacial score (nSPS) is 19.5. The number of hydrogen-bond donors (Lipinski definition) is 1. The molecule has 1 saturated heterocycles. The standard InChI is InChI=1S/C15H21N5O2/c1-3-20-10-16-18-15(20)14-9-19(6-7-22-14)8-12-13(21)5-4-11(2)17-12/h4-5,10,14,21H,3,6-9H2,1-2H3. The topological polar surface area (TPSA) is 76.3 Å². The van der Waals surface area contributed by atoms with Crippen molar-refractivity contribution in [2.24, 2.45) is 0 Å². The Hall–Kier alpha value is -1.99. The molecular formula is C15H21N5O2. The molecule has 0 bridgehead atoms. The third kappa shape index (κ3) is 3.10. The highest BCUT2D eigenvalue weighted by Crippen LogP contribution is 2.23. The van der Waals surface area contributed by atoms with E-state index < -0.39 is 0 Å². The molecule has 1 unspecified atom stereocenters. The number of aromatic hydroxyl groups is 1. The number of rotatable bonds is 4. The van der Waals surface area contributed by atoms with E-state index in [9.17, 15) is 5.11 Å². The van der Waals surface area contributed by atoms with E-state index in [2.05, 4.69) is 27.0 Å². The van der Waals surface area contributed by atoms with E-state index >= 15 is 0 Å². The Morgan fingerprint density at radius 1 is 1.41 bits per heavy atom. The van der Waals surface area contributed by atoms with Crippen LogP contribution in [0, 0.1) is 6.92 Å². The minimum atomic E-state index is -0.0943. The Morgan fingerprint density at radius 2 is 2.27 bits per heavy atom. The van der Waals surface area contributed by atoms with Crippen LogP contribution in [0.25, 0.3) is 0 Å². The summed E-state index contributed by atoms with van der Waals surface area (Å²) in [5.74, 6) is 1.10. The fourth-order valence-electron chi connectivity index (χ4n) is 2.69. The van der Waals surface area contributed by atoms with Crippen molar-refractivity contribution in [2.75, 3.05) is 19.7 Å². The van der Waals surface area contributed by atoms with E-state index in [4.69, 9.17) is 4.74 Å². The Labute approximate surface area is 129 Å². The number of nitrogens with zero attached hydrogens (tertiary/aromatic N) is 5. The molecule has 7 heteroatoms. The minimum Gasteiger partial charge on any atom is -0.506 e. The van der Waals surface area contributed by atoms with Gasteiger partial charge in [0.2, 0.25) is 0 Å². The van der Waals surface area contributed by atoms with Gasteiger partial charge in [0.05, 0.1) is 12.3 Å². The van der Waals surface area contributed by atoms with Crippen LogP contribution in [0.1, 0.15) is 30.2 Å². The van der Waals surface area contributed by atoms with Gasteiger partial charge in [-0.15, -0.1) is 10.2 Å². The monoisotopic (exact) mass is 303 g/mol. The van der Waals surface area contributed by atoms with Gasteiger partial charge in [0.1, 0.15) is 18.2 Å². The Balaban J connectivity index is 1.72. The van der Waals surface area contributed by atoms with Crippen molar-refractivity contribution < 1.29 is 9.84 Å². The minimum absolute atomic E-state index is 0.0943. The molecule has 118 valence electrons. The van der Waals surface area contributed by atoms with Crippen LogP contribution in [-0.4, -0.2) is 49.5 Å². The molecule has 2 aromatic rings. The lowest BCUT2D eigenvalue weighted by atomic mass is 10.2. The number of aryl methyl sites for hydroxylation is 2. The summed E-state index contributed by atoms with van der Waals surface area (Å²) < 4.78 is 7.84. The molecule has 0 saturated carbocycles. The number of hydrogen-bond acceptors (Lipinski definition) is 6. The van der Waals surface area contributed by atoms with E-state index in [0.717, 1.165) is 24.6 Å². The van der Waals surface area contributed by atoms with Gasteiger partial charge in [-0.05, 0) is 26.0 Å². The largest absolute Gasteiger partial charge is 0.506 e. The van der Waals surface area contributed by atoms with Gasteiger partial charge in [-0.1, -0.05) is 0 Å². The summed E-state index contributed by atoms with van der Waals surface area (Å²) in [7, 11) is 0. The van der Waals surface area contributed by atoms with Gasteiger partial charge in [0.25, 0.3) is 0 Å². The number of aromatic nitrogens is 4. The van der Waals surface area contributed by atoms with Gasteiger partial charge in [-0.25, -0.2) is 0 Å². The maximum absolute atomic E-state index is 9.95. The SMILES string of the molecule is CCn1cnnc1C1CN(Cc2nc(C)ccc2O)CCO1. The van der Waals surface area contributed by atoms with Gasteiger partial charge in [0, 0.05) is 31.9 Å². The van der Waals surface area contributed by atoms with E-state index in [1.165, 1.54) is 0 Å². The lowest BCUT2D eigenvalue weighted by molar-refractivity contribution is -0.0394. The van der Waals surface area contributed by atoms with Gasteiger partial charge in [0.15, 0.2) is 5.82 Å². The van der Waals surface area contributed by atoms with Crippen molar-refractivity contribution >= 4 is 0 Å². The third-order valence-corrected chi connectivity index (χ3v) is 3.89. The van der Waals surface area contributed by atoms with Crippen LogP contribution in [0.5, 0.6) is 5.75 Å². The van der Waals surface area contributed by atoms with Crippen LogP contribution in [0.4, 0.5) is 0 Å². The van der Waals surface area contributed by atoms with Crippen LogP contribution in [0.2, 0.25) is 0 Å². The lowest BCUT2D eigenvalue weighted by Gasteiger charge is -2.32. The highest BCUT2D eigenvalue weighted by Gasteiger charge is 2.26. The van der Waals surface area contributed by atoms with E-state index in [1.807, 2.05) is 17.6 Å². The highest BCUT2D eigenvalue weighted by atomic mass is 16.5. The van der Waals surface area contributed by atoms with Gasteiger partial charge in [-0.2, -0.15) is 0 Å². The molecular weight excluding hydrogens is 282 g/mol. The molecule has 0 aliphatic carbocycles. The molecule has 1 aliphatic heterocycles. The first-order valence-electron chi connectivity index (χ1n) is 7.54. The van der Waals surface area contributed by atoms with Crippen LogP contribution in [0.15, 0.2) is 18.5 Å². The van der Waals surface area contributed by atoms with Gasteiger partial charge in [-0.3, -0.25) is 9.88 Å². The van der Waals surface area contributed by atoms with Crippen molar-refractivity contribution in [2.45, 2.75) is 33.0 Å². The van der Waals surface area contributed by atoms with E-state index in [-0.39, 0.29) is 11.9 Å². The number of pyridine rings is 1. The summed E-state index contributed by atoms with van der Waals surface area (Å²) in [6.45, 7) is 7.57. The average molecular weight is 303 g/mol. The molecule has 0 spiro atoms. The van der Waals surface area contributed by atoms with Crippen molar-refractivity contribution in [3.63, 3.8) is 0 Å². The fraction of sp³-hybridized carbons (Fsp3) is 0.533. The Kier molecular flexibility index (Phi) is 4.35. The van der Waals surface area contributed by atoms with Crippen LogP contribution in [0.3, 0.4) is 0 Å². The summed E-state index contributed by atoms with van der Waals surface area (Å²) in [5.41, 5.74) is 1.61. The van der Waals surface area contributed by atoms with Gasteiger partial charge >= 0.3 is 0 Å². The lowest BCUT2D eigenvalue weighted by Crippen LogP contribution is -2.39. The molecule has 3 rings (SSSR count). The predicted molar refractivity (Wildman–Crippen MR) is 80.3 cm³/mol. The van der Waals surface area contributed by atoms with E-state index in [1.54, 1.807) is 12.4 Å². The molecule has 22 heavy (non-hydrogen) atoms. The average Bonchev–Trinajstić information content (AvgIpc) is 3.00. The van der Waals surface area contributed by atoms with Crippen LogP contribution in [-0.2, 0) is 17.8 Å². The zero-order valence-electron chi connectivity index (χ0n) is 12.9. The number of morpholine rings is 1. The van der Waals surface area contributed by atoms with Crippen LogP contribution < -0.4 is 0 Å². The first kappa shape index (κ1) is 14.9. The van der Waals surface area contributed by atoms with Crippen molar-refractivity contribution in [3.8, 4) is 5.75 Å². The molecule has 1 atom stereocenters. The predicted octanol–water partition coefficient (Wildman–Crippen LogP) is 1.28. The molecule has 0 aromatic carbocycles. The van der Waals surface area contributed by atoms with Gasteiger partial charge < -0.3 is 14.4 Å². The smallest absolute Gasteiger partial charge is 0.163 e. The maximum atomic E-state index is 9.95. The Bertz CT molecular complexity index is 643. The second kappa shape index (κ2) is 6.41. The van der Waals surface area contributed by atoms with Crippen molar-refractivity contribution in [1.82, 2.24) is 24.6 Å². The van der Waals surface area contributed by atoms with Crippen LogP contribution >= 0.6 is 0 Å². The first-order chi connectivity index (χ1) is 10.7. The zero-order valence-corrected chi connectivity index (χ0v) is 12.9. The molecule has 3 heterocycles. The molecule has 0 radical (unpaired) electrons. The maximum Gasteiger partial charge on any atom is 0.163 e. The Morgan fingerprint density at radius 3 is 3.09 bits per heavy atom. The summed E-state index contributed by atoms with van der Waals surface area (Å²) in [4.78, 5) is 6.65. The summed E-state index contributed by atoms with van der Waals surface area (Å²) >= 11 is 0. The summed E-state index contributed by atoms with van der Waals surface area (Å²) in [5, 5.41) is 18.1. The number of ether oxygens (including phenoxy) is 1.